The molecule has 2 nitrogen and oxygen atoms in total. The lowest BCUT2D eigenvalue weighted by atomic mass is 10.0. The molecule has 2 N–H and O–H groups in total. The highest BCUT2D eigenvalue weighted by Crippen LogP contribution is 2.33. The molecule has 0 radical (unpaired) electrons. The Morgan fingerprint density at radius 3 is 2.35 bits per heavy atom. The maximum absolute atomic E-state index is 6.22. The van der Waals surface area contributed by atoms with E-state index in [4.69, 9.17) is 28.9 Å². The van der Waals surface area contributed by atoms with E-state index in [1.54, 1.807) is 12.3 Å². The maximum Gasteiger partial charge on any atom is 0.0947 e. The number of aromatic nitrogens is 1. The third-order valence-electron chi connectivity index (χ3n) is 2.72. The van der Waals surface area contributed by atoms with Crippen LogP contribution in [0.2, 0.25) is 10.0 Å². The molecule has 0 amide bonds. The fourth-order valence-electron chi connectivity index (χ4n) is 1.64. The van der Waals surface area contributed by atoms with Crippen molar-refractivity contribution in [1.82, 2.24) is 4.98 Å². The zero-order chi connectivity index (χ0) is 12.6. The quantitative estimate of drug-likeness (QED) is 0.838. The Kier molecular flexibility index (Phi) is 3.27. The molecule has 0 spiro atoms. The molecule has 4 heteroatoms. The third-order valence-corrected chi connectivity index (χ3v) is 3.24. The van der Waals surface area contributed by atoms with Crippen molar-refractivity contribution >= 4 is 28.9 Å². The van der Waals surface area contributed by atoms with E-state index < -0.39 is 0 Å². The Morgan fingerprint density at radius 2 is 1.71 bits per heavy atom. The summed E-state index contributed by atoms with van der Waals surface area (Å²) >= 11 is 12.0. The van der Waals surface area contributed by atoms with Gasteiger partial charge in [-0.05, 0) is 43.2 Å². The normalized spacial score (nSPS) is 10.6. The number of hydrogen-bond donors (Lipinski definition) is 1. The molecule has 2 rings (SSSR count). The second-order valence-corrected chi connectivity index (χ2v) is 4.85. The molecule has 0 saturated heterocycles. The van der Waals surface area contributed by atoms with E-state index in [1.807, 2.05) is 26.0 Å². The average molecular weight is 267 g/mol. The Bertz CT molecular complexity index is 580. The number of pyridine rings is 1. The van der Waals surface area contributed by atoms with Gasteiger partial charge in [-0.3, -0.25) is 4.98 Å². The van der Waals surface area contributed by atoms with Crippen molar-refractivity contribution in [1.29, 1.82) is 0 Å². The van der Waals surface area contributed by atoms with Gasteiger partial charge in [-0.15, -0.1) is 0 Å². The van der Waals surface area contributed by atoms with Crippen LogP contribution in [0.15, 0.2) is 24.4 Å². The van der Waals surface area contributed by atoms with Crippen LogP contribution in [0.25, 0.3) is 11.3 Å². The van der Waals surface area contributed by atoms with Crippen molar-refractivity contribution < 1.29 is 0 Å². The minimum Gasteiger partial charge on any atom is -0.397 e. The monoisotopic (exact) mass is 266 g/mol. The van der Waals surface area contributed by atoms with Gasteiger partial charge < -0.3 is 5.73 Å². The second-order valence-electron chi connectivity index (χ2n) is 4.01. The van der Waals surface area contributed by atoms with Gasteiger partial charge in [-0.25, -0.2) is 0 Å². The Balaban J connectivity index is 2.64. The molecule has 0 aliphatic rings. The van der Waals surface area contributed by atoms with E-state index in [0.717, 1.165) is 16.7 Å². The summed E-state index contributed by atoms with van der Waals surface area (Å²) < 4.78 is 0. The van der Waals surface area contributed by atoms with Crippen molar-refractivity contribution in [2.24, 2.45) is 0 Å². The summed E-state index contributed by atoms with van der Waals surface area (Å²) in [4.78, 5) is 4.24. The smallest absolute Gasteiger partial charge is 0.0947 e. The van der Waals surface area contributed by atoms with Gasteiger partial charge in [-0.2, -0.15) is 0 Å². The molecule has 88 valence electrons. The topological polar surface area (TPSA) is 38.9 Å². The van der Waals surface area contributed by atoms with Crippen molar-refractivity contribution in [3.8, 4) is 11.3 Å². The lowest BCUT2D eigenvalue weighted by Gasteiger charge is -2.10. The highest BCUT2D eigenvalue weighted by molar-refractivity contribution is 6.33. The lowest BCUT2D eigenvalue weighted by molar-refractivity contribution is 1.30. The highest BCUT2D eigenvalue weighted by Gasteiger charge is 2.10. The first kappa shape index (κ1) is 12.2. The van der Waals surface area contributed by atoms with Crippen LogP contribution in [0, 0.1) is 13.8 Å². The Labute approximate surface area is 110 Å². The minimum atomic E-state index is 0.520. The summed E-state index contributed by atoms with van der Waals surface area (Å²) in [5.74, 6) is 0. The number of anilines is 1. The summed E-state index contributed by atoms with van der Waals surface area (Å²) in [5, 5.41) is 1.17. The molecule has 1 aromatic heterocycles. The molecule has 2 aromatic rings. The molecule has 0 bridgehead atoms. The molecule has 0 unspecified atom stereocenters. The van der Waals surface area contributed by atoms with Gasteiger partial charge in [0, 0.05) is 11.8 Å². The van der Waals surface area contributed by atoms with E-state index in [2.05, 4.69) is 4.98 Å². The van der Waals surface area contributed by atoms with E-state index in [0.29, 0.717) is 21.4 Å². The van der Waals surface area contributed by atoms with Crippen LogP contribution in [0.1, 0.15) is 11.1 Å². The molecule has 17 heavy (non-hydrogen) atoms. The molecule has 1 heterocycles. The van der Waals surface area contributed by atoms with Crippen molar-refractivity contribution in [2.45, 2.75) is 13.8 Å². The van der Waals surface area contributed by atoms with E-state index >= 15 is 0 Å². The number of rotatable bonds is 1. The van der Waals surface area contributed by atoms with Crippen molar-refractivity contribution in [2.75, 3.05) is 5.73 Å². The Morgan fingerprint density at radius 1 is 1.06 bits per heavy atom. The predicted octanol–water partition coefficient (Wildman–Crippen LogP) is 4.25. The zero-order valence-corrected chi connectivity index (χ0v) is 11.1. The highest BCUT2D eigenvalue weighted by atomic mass is 35.5. The van der Waals surface area contributed by atoms with Gasteiger partial charge in [0.15, 0.2) is 0 Å². The molecule has 0 atom stereocenters. The van der Waals surface area contributed by atoms with Crippen molar-refractivity contribution in [3.05, 3.63) is 45.6 Å². The van der Waals surface area contributed by atoms with Crippen LogP contribution in [-0.4, -0.2) is 4.98 Å². The maximum atomic E-state index is 6.22. The number of nitrogens with two attached hydrogens (primary N) is 1. The summed E-state index contributed by atoms with van der Waals surface area (Å²) in [5.41, 5.74) is 10.2. The van der Waals surface area contributed by atoms with Gasteiger partial charge in [-0.1, -0.05) is 23.2 Å². The standard InChI is InChI=1S/C13H12Cl2N2/c1-7-3-10(11(15)4-8(7)2)13-12(16)5-9(14)6-17-13/h3-6H,16H2,1-2H3. The molecular formula is C13H12Cl2N2. The van der Waals surface area contributed by atoms with Gasteiger partial charge in [0.25, 0.3) is 0 Å². The van der Waals surface area contributed by atoms with Crippen LogP contribution in [0.5, 0.6) is 0 Å². The zero-order valence-electron chi connectivity index (χ0n) is 9.59. The van der Waals surface area contributed by atoms with Gasteiger partial charge >= 0.3 is 0 Å². The molecule has 0 aliphatic heterocycles. The summed E-state index contributed by atoms with van der Waals surface area (Å²) in [7, 11) is 0. The number of halogens is 2. The second kappa shape index (κ2) is 4.55. The van der Waals surface area contributed by atoms with E-state index in [9.17, 15) is 0 Å². The summed E-state index contributed by atoms with van der Waals surface area (Å²) in [6.45, 7) is 4.05. The van der Waals surface area contributed by atoms with Crippen LogP contribution >= 0.6 is 23.2 Å². The molecule has 0 saturated carbocycles. The fourth-order valence-corrected chi connectivity index (χ4v) is 2.12. The largest absolute Gasteiger partial charge is 0.397 e. The van der Waals surface area contributed by atoms with Crippen LogP contribution in [-0.2, 0) is 0 Å². The van der Waals surface area contributed by atoms with Crippen LogP contribution < -0.4 is 5.73 Å². The third kappa shape index (κ3) is 2.38. The van der Waals surface area contributed by atoms with Crippen LogP contribution in [0.3, 0.4) is 0 Å². The minimum absolute atomic E-state index is 0.520. The lowest BCUT2D eigenvalue weighted by Crippen LogP contribution is -1.95. The first-order valence-electron chi connectivity index (χ1n) is 5.17. The molecular weight excluding hydrogens is 255 g/mol. The number of hydrogen-bond acceptors (Lipinski definition) is 2. The van der Waals surface area contributed by atoms with E-state index in [1.165, 1.54) is 0 Å². The van der Waals surface area contributed by atoms with Crippen LogP contribution in [0.4, 0.5) is 5.69 Å². The Hall–Kier alpha value is -1.25. The summed E-state index contributed by atoms with van der Waals surface area (Å²) in [6.07, 6.45) is 1.57. The first-order valence-corrected chi connectivity index (χ1v) is 5.93. The van der Waals surface area contributed by atoms with Gasteiger partial charge in [0.1, 0.15) is 0 Å². The fraction of sp³-hybridized carbons (Fsp3) is 0.154. The number of aryl methyl sites for hydroxylation is 2. The van der Waals surface area contributed by atoms with Gasteiger partial charge in [0.2, 0.25) is 0 Å². The predicted molar refractivity (Wildman–Crippen MR) is 73.6 cm³/mol. The number of nitrogens with zero attached hydrogens (tertiary/aromatic N) is 1. The molecule has 0 fully saturated rings. The molecule has 0 aliphatic carbocycles. The summed E-state index contributed by atoms with van der Waals surface area (Å²) in [6, 6.07) is 5.58. The number of benzene rings is 1. The number of nitrogen functional groups attached to an aromatic ring is 1. The van der Waals surface area contributed by atoms with Crippen molar-refractivity contribution in [3.63, 3.8) is 0 Å². The SMILES string of the molecule is Cc1cc(Cl)c(-c2ncc(Cl)cc2N)cc1C. The molecule has 1 aromatic carbocycles. The first-order chi connectivity index (χ1) is 7.99. The van der Waals surface area contributed by atoms with E-state index in [-0.39, 0.29) is 0 Å². The van der Waals surface area contributed by atoms with Gasteiger partial charge in [0.05, 0.1) is 21.4 Å². The average Bonchev–Trinajstić information content (AvgIpc) is 2.24.